The third kappa shape index (κ3) is 4.81. The lowest BCUT2D eigenvalue weighted by molar-refractivity contribution is -0.138. The lowest BCUT2D eigenvalue weighted by Crippen LogP contribution is -2.12. The number of anilines is 1. The molecule has 0 aliphatic carbocycles. The van der Waals surface area contributed by atoms with Crippen LogP contribution in [0.4, 0.5) is 5.13 Å². The molecule has 0 bridgehead atoms. The van der Waals surface area contributed by atoms with Gasteiger partial charge in [0.2, 0.25) is 5.91 Å². The Hall–Kier alpha value is -2.22. The molecule has 8 heteroatoms. The Kier molecular flexibility index (Phi) is 5.85. The molecule has 0 saturated heterocycles. The number of carbonyl (C=O) groups excluding carboxylic acids is 2. The van der Waals surface area contributed by atoms with Crippen molar-refractivity contribution in [3.8, 4) is 0 Å². The summed E-state index contributed by atoms with van der Waals surface area (Å²) in [6.07, 6.45) is 1.04. The van der Waals surface area contributed by atoms with E-state index in [2.05, 4.69) is 16.9 Å². The smallest absolute Gasteiger partial charge is 0.350 e. The zero-order valence-electron chi connectivity index (χ0n) is 10.8. The van der Waals surface area contributed by atoms with Gasteiger partial charge in [-0.2, -0.15) is 0 Å². The molecule has 0 atom stereocenters. The molecule has 7 nitrogen and oxygen atoms in total. The third-order valence-corrected chi connectivity index (χ3v) is 3.18. The molecule has 108 valence electrons. The number of nitrogens with one attached hydrogen (secondary N) is 1. The lowest BCUT2D eigenvalue weighted by Gasteiger charge is -1.99. The molecule has 1 amide bonds. The fourth-order valence-electron chi connectivity index (χ4n) is 1.24. The van der Waals surface area contributed by atoms with Crippen LogP contribution in [-0.2, 0) is 14.3 Å². The fourth-order valence-corrected chi connectivity index (χ4v) is 2.12. The van der Waals surface area contributed by atoms with Gasteiger partial charge >= 0.3 is 11.9 Å². The maximum absolute atomic E-state index is 11.6. The number of nitrogens with zero attached hydrogens (tertiary/aromatic N) is 1. The molecule has 1 aromatic heterocycles. The van der Waals surface area contributed by atoms with Crippen LogP contribution in [0, 0.1) is 6.92 Å². The van der Waals surface area contributed by atoms with Gasteiger partial charge in [0.25, 0.3) is 0 Å². The van der Waals surface area contributed by atoms with Crippen molar-refractivity contribution < 1.29 is 24.2 Å². The molecule has 0 fully saturated rings. The van der Waals surface area contributed by atoms with Crippen LogP contribution < -0.4 is 5.32 Å². The number of carboxylic acids is 1. The van der Waals surface area contributed by atoms with Gasteiger partial charge in [0.05, 0.1) is 12.1 Å². The van der Waals surface area contributed by atoms with E-state index in [1.165, 1.54) is 6.08 Å². The summed E-state index contributed by atoms with van der Waals surface area (Å²) in [6, 6.07) is 0. The van der Waals surface area contributed by atoms with Crippen molar-refractivity contribution in [1.82, 2.24) is 4.98 Å². The number of carboxylic acid groups (broad SMARTS) is 1. The monoisotopic (exact) mass is 298 g/mol. The second kappa shape index (κ2) is 7.39. The predicted octanol–water partition coefficient (Wildman–Crippen LogP) is 1.60. The number of ether oxygens (including phenoxy) is 1. The standard InChI is InChI=1S/C12H14N2O5S/c1-3-6-19-11(18)10-7(2)13-12(20-10)14-8(15)4-5-9(16)17/h3H,1,4-6H2,2H3,(H,16,17)(H,13,14,15). The number of hydrogen-bond acceptors (Lipinski definition) is 6. The molecular weight excluding hydrogens is 284 g/mol. The molecule has 0 aromatic carbocycles. The van der Waals surface area contributed by atoms with Crippen LogP contribution in [0.15, 0.2) is 12.7 Å². The summed E-state index contributed by atoms with van der Waals surface area (Å²) in [5.41, 5.74) is 0.442. The van der Waals surface area contributed by atoms with E-state index >= 15 is 0 Å². The van der Waals surface area contributed by atoms with E-state index < -0.39 is 17.8 Å². The lowest BCUT2D eigenvalue weighted by atomic mass is 10.3. The Morgan fingerprint density at radius 2 is 2.15 bits per heavy atom. The molecule has 0 spiro atoms. The van der Waals surface area contributed by atoms with E-state index in [0.717, 1.165) is 11.3 Å². The Labute approximate surface area is 119 Å². The van der Waals surface area contributed by atoms with E-state index in [1.807, 2.05) is 0 Å². The minimum Gasteiger partial charge on any atom is -0.481 e. The SMILES string of the molecule is C=CCOC(=O)c1sc(NC(=O)CCC(=O)O)nc1C. The van der Waals surface area contributed by atoms with Crippen LogP contribution in [0.2, 0.25) is 0 Å². The third-order valence-electron chi connectivity index (χ3n) is 2.13. The number of amides is 1. The summed E-state index contributed by atoms with van der Waals surface area (Å²) < 4.78 is 4.88. The van der Waals surface area contributed by atoms with Crippen molar-refractivity contribution in [1.29, 1.82) is 0 Å². The Bertz CT molecular complexity index is 538. The first kappa shape index (κ1) is 15.8. The highest BCUT2D eigenvalue weighted by Crippen LogP contribution is 2.23. The van der Waals surface area contributed by atoms with Gasteiger partial charge in [-0.3, -0.25) is 9.59 Å². The molecule has 1 rings (SSSR count). The zero-order valence-corrected chi connectivity index (χ0v) is 11.7. The minimum atomic E-state index is -1.05. The van der Waals surface area contributed by atoms with Gasteiger partial charge < -0.3 is 15.2 Å². The molecule has 0 aliphatic heterocycles. The van der Waals surface area contributed by atoms with Crippen molar-refractivity contribution in [2.75, 3.05) is 11.9 Å². The quantitative estimate of drug-likeness (QED) is 0.585. The number of aliphatic carboxylic acids is 1. The minimum absolute atomic E-state index is 0.0937. The maximum atomic E-state index is 11.6. The first-order valence-electron chi connectivity index (χ1n) is 5.71. The summed E-state index contributed by atoms with van der Waals surface area (Å²) in [5.74, 6) is -2.05. The maximum Gasteiger partial charge on any atom is 0.350 e. The average molecular weight is 298 g/mol. The van der Waals surface area contributed by atoms with Crippen LogP contribution in [0.3, 0.4) is 0 Å². The van der Waals surface area contributed by atoms with Gasteiger partial charge in [0.15, 0.2) is 5.13 Å². The van der Waals surface area contributed by atoms with Crippen LogP contribution in [0.5, 0.6) is 0 Å². The van der Waals surface area contributed by atoms with E-state index in [-0.39, 0.29) is 24.6 Å². The molecule has 1 aromatic rings. The van der Waals surface area contributed by atoms with Gasteiger partial charge in [0, 0.05) is 6.42 Å². The average Bonchev–Trinajstić information content (AvgIpc) is 2.74. The van der Waals surface area contributed by atoms with Gasteiger partial charge in [-0.25, -0.2) is 9.78 Å². The zero-order chi connectivity index (χ0) is 15.1. The van der Waals surface area contributed by atoms with E-state index in [1.54, 1.807) is 6.92 Å². The molecule has 0 aliphatic rings. The molecule has 1 heterocycles. The Morgan fingerprint density at radius 1 is 1.45 bits per heavy atom. The van der Waals surface area contributed by atoms with Crippen LogP contribution in [0.1, 0.15) is 28.2 Å². The number of hydrogen-bond donors (Lipinski definition) is 2. The Balaban J connectivity index is 2.65. The highest BCUT2D eigenvalue weighted by atomic mass is 32.1. The van der Waals surface area contributed by atoms with Crippen LogP contribution in [0.25, 0.3) is 0 Å². The van der Waals surface area contributed by atoms with Crippen molar-refractivity contribution in [2.45, 2.75) is 19.8 Å². The first-order valence-corrected chi connectivity index (χ1v) is 6.52. The number of carbonyl (C=O) groups is 3. The number of aromatic nitrogens is 1. The van der Waals surface area contributed by atoms with E-state index in [4.69, 9.17) is 9.84 Å². The van der Waals surface area contributed by atoms with E-state index in [9.17, 15) is 14.4 Å². The summed E-state index contributed by atoms with van der Waals surface area (Å²) in [4.78, 5) is 37.7. The Morgan fingerprint density at radius 3 is 2.75 bits per heavy atom. The second-order valence-electron chi connectivity index (χ2n) is 3.76. The van der Waals surface area contributed by atoms with Gasteiger partial charge in [-0.05, 0) is 6.92 Å². The van der Waals surface area contributed by atoms with Gasteiger partial charge in [-0.1, -0.05) is 24.0 Å². The van der Waals surface area contributed by atoms with Crippen molar-refractivity contribution >= 4 is 34.3 Å². The van der Waals surface area contributed by atoms with Crippen molar-refractivity contribution in [3.05, 3.63) is 23.2 Å². The number of aryl methyl sites for hydroxylation is 1. The van der Waals surface area contributed by atoms with Crippen molar-refractivity contribution in [3.63, 3.8) is 0 Å². The molecule has 0 radical (unpaired) electrons. The number of thiazole rings is 1. The summed E-state index contributed by atoms with van der Waals surface area (Å²) >= 11 is 0.981. The molecule has 0 unspecified atom stereocenters. The normalized spacial score (nSPS) is 9.85. The highest BCUT2D eigenvalue weighted by molar-refractivity contribution is 7.17. The van der Waals surface area contributed by atoms with Gasteiger partial charge in [0.1, 0.15) is 11.5 Å². The van der Waals surface area contributed by atoms with Crippen LogP contribution in [-0.4, -0.2) is 34.5 Å². The van der Waals surface area contributed by atoms with Crippen molar-refractivity contribution in [2.24, 2.45) is 0 Å². The topological polar surface area (TPSA) is 106 Å². The fraction of sp³-hybridized carbons (Fsp3) is 0.333. The number of esters is 1. The largest absolute Gasteiger partial charge is 0.481 e. The van der Waals surface area contributed by atoms with Gasteiger partial charge in [-0.15, -0.1) is 0 Å². The molecular formula is C12H14N2O5S. The summed E-state index contributed by atoms with van der Waals surface area (Å²) in [7, 11) is 0. The number of rotatable bonds is 7. The summed E-state index contributed by atoms with van der Waals surface area (Å²) in [5, 5.41) is 11.2. The first-order chi connectivity index (χ1) is 9.43. The summed E-state index contributed by atoms with van der Waals surface area (Å²) in [6.45, 7) is 5.15. The highest BCUT2D eigenvalue weighted by Gasteiger charge is 2.17. The molecule has 2 N–H and O–H groups in total. The molecule has 0 saturated carbocycles. The molecule has 20 heavy (non-hydrogen) atoms. The predicted molar refractivity (Wildman–Crippen MR) is 72.8 cm³/mol. The van der Waals surface area contributed by atoms with Crippen LogP contribution >= 0.6 is 11.3 Å². The second-order valence-corrected chi connectivity index (χ2v) is 4.76. The van der Waals surface area contributed by atoms with E-state index in [0.29, 0.717) is 10.6 Å².